The minimum atomic E-state index is 0.984. The standard InChI is InChI=1S/C13H19N/c1-3-5-6-7-9-13-11-8-10-12(4-2)14-13/h4,8,10-11H,2-3,5-7,9H2,1H3. The zero-order chi connectivity index (χ0) is 10.2. The molecule has 76 valence electrons. The van der Waals surface area contributed by atoms with E-state index in [9.17, 15) is 0 Å². The predicted octanol–water partition coefficient (Wildman–Crippen LogP) is 3.85. The average Bonchev–Trinajstić information content (AvgIpc) is 2.25. The second kappa shape index (κ2) is 6.36. The lowest BCUT2D eigenvalue weighted by Gasteiger charge is -2.01. The molecule has 0 aliphatic carbocycles. The minimum Gasteiger partial charge on any atom is -0.254 e. The Morgan fingerprint density at radius 2 is 2.14 bits per heavy atom. The van der Waals surface area contributed by atoms with E-state index in [4.69, 9.17) is 0 Å². The van der Waals surface area contributed by atoms with E-state index in [1.165, 1.54) is 31.4 Å². The van der Waals surface area contributed by atoms with Crippen molar-refractivity contribution in [3.63, 3.8) is 0 Å². The fourth-order valence-electron chi connectivity index (χ4n) is 1.48. The summed E-state index contributed by atoms with van der Waals surface area (Å²) in [6, 6.07) is 6.14. The van der Waals surface area contributed by atoms with Crippen molar-refractivity contribution in [1.82, 2.24) is 4.98 Å². The summed E-state index contributed by atoms with van der Waals surface area (Å²) in [4.78, 5) is 4.47. The Bertz CT molecular complexity index is 278. The number of rotatable bonds is 6. The maximum Gasteiger partial charge on any atom is 0.0627 e. The molecule has 0 radical (unpaired) electrons. The van der Waals surface area contributed by atoms with Crippen LogP contribution >= 0.6 is 0 Å². The first-order valence-electron chi connectivity index (χ1n) is 5.45. The van der Waals surface area contributed by atoms with Gasteiger partial charge >= 0.3 is 0 Å². The van der Waals surface area contributed by atoms with Gasteiger partial charge in [0.05, 0.1) is 5.69 Å². The molecule has 1 aromatic rings. The van der Waals surface area contributed by atoms with E-state index < -0.39 is 0 Å². The summed E-state index contributed by atoms with van der Waals surface area (Å²) in [5, 5.41) is 0. The van der Waals surface area contributed by atoms with Crippen molar-refractivity contribution in [2.75, 3.05) is 0 Å². The fourth-order valence-corrected chi connectivity index (χ4v) is 1.48. The van der Waals surface area contributed by atoms with Crippen LogP contribution in [0.5, 0.6) is 0 Å². The highest BCUT2D eigenvalue weighted by molar-refractivity contribution is 5.41. The third kappa shape index (κ3) is 3.73. The molecule has 0 aromatic carbocycles. The normalized spacial score (nSPS) is 10.1. The Balaban J connectivity index is 2.38. The number of aryl methyl sites for hydroxylation is 1. The van der Waals surface area contributed by atoms with E-state index in [0.717, 1.165) is 12.1 Å². The summed E-state index contributed by atoms with van der Waals surface area (Å²) in [5.41, 5.74) is 2.18. The molecule has 0 bridgehead atoms. The van der Waals surface area contributed by atoms with Crippen LogP contribution in [0.25, 0.3) is 6.08 Å². The van der Waals surface area contributed by atoms with Gasteiger partial charge in [-0.25, -0.2) is 0 Å². The predicted molar refractivity (Wildman–Crippen MR) is 62.2 cm³/mol. The van der Waals surface area contributed by atoms with Crippen LogP contribution in [0.3, 0.4) is 0 Å². The molecule has 1 nitrogen and oxygen atoms in total. The molecule has 0 aliphatic rings. The number of unbranched alkanes of at least 4 members (excludes halogenated alkanes) is 3. The van der Waals surface area contributed by atoms with E-state index in [-0.39, 0.29) is 0 Å². The molecule has 14 heavy (non-hydrogen) atoms. The van der Waals surface area contributed by atoms with Gasteiger partial charge < -0.3 is 0 Å². The topological polar surface area (TPSA) is 12.9 Å². The Morgan fingerprint density at radius 3 is 2.86 bits per heavy atom. The molecule has 1 aromatic heterocycles. The van der Waals surface area contributed by atoms with Crippen molar-refractivity contribution < 1.29 is 0 Å². The van der Waals surface area contributed by atoms with Crippen molar-refractivity contribution in [1.29, 1.82) is 0 Å². The van der Waals surface area contributed by atoms with Crippen molar-refractivity contribution in [3.8, 4) is 0 Å². The first-order valence-corrected chi connectivity index (χ1v) is 5.45. The Labute approximate surface area is 86.9 Å². The van der Waals surface area contributed by atoms with Crippen molar-refractivity contribution in [3.05, 3.63) is 36.2 Å². The quantitative estimate of drug-likeness (QED) is 0.619. The van der Waals surface area contributed by atoms with E-state index >= 15 is 0 Å². The second-order valence-corrected chi connectivity index (χ2v) is 3.57. The van der Waals surface area contributed by atoms with E-state index in [2.05, 4.69) is 30.6 Å². The smallest absolute Gasteiger partial charge is 0.0627 e. The largest absolute Gasteiger partial charge is 0.254 e. The molecule has 0 spiro atoms. The van der Waals surface area contributed by atoms with Crippen LogP contribution in [-0.4, -0.2) is 4.98 Å². The first kappa shape index (κ1) is 11.0. The minimum absolute atomic E-state index is 0.984. The lowest BCUT2D eigenvalue weighted by Crippen LogP contribution is -1.91. The molecule has 0 aliphatic heterocycles. The molecule has 0 N–H and O–H groups in total. The Kier molecular flexibility index (Phi) is 4.98. The summed E-state index contributed by atoms with van der Waals surface area (Å²) >= 11 is 0. The SMILES string of the molecule is C=Cc1cccc(CCCCCC)n1. The highest BCUT2D eigenvalue weighted by atomic mass is 14.7. The molecule has 0 fully saturated rings. The van der Waals surface area contributed by atoms with Gasteiger partial charge in [0.15, 0.2) is 0 Å². The van der Waals surface area contributed by atoms with Gasteiger partial charge in [0, 0.05) is 5.69 Å². The van der Waals surface area contributed by atoms with Gasteiger partial charge in [-0.15, -0.1) is 0 Å². The molecule has 1 heterocycles. The molecule has 0 saturated heterocycles. The maximum atomic E-state index is 4.47. The summed E-state index contributed by atoms with van der Waals surface area (Å²) in [5.74, 6) is 0. The van der Waals surface area contributed by atoms with Crippen LogP contribution in [0, 0.1) is 0 Å². The summed E-state index contributed by atoms with van der Waals surface area (Å²) < 4.78 is 0. The molecule has 1 heteroatoms. The monoisotopic (exact) mass is 189 g/mol. The van der Waals surface area contributed by atoms with Gasteiger partial charge in [-0.1, -0.05) is 38.8 Å². The molecule has 1 rings (SSSR count). The zero-order valence-electron chi connectivity index (χ0n) is 9.00. The Morgan fingerprint density at radius 1 is 1.29 bits per heavy atom. The molecule has 0 atom stereocenters. The maximum absolute atomic E-state index is 4.47. The summed E-state index contributed by atoms with van der Waals surface area (Å²) in [6.45, 7) is 5.95. The third-order valence-electron chi connectivity index (χ3n) is 2.32. The van der Waals surface area contributed by atoms with E-state index in [0.29, 0.717) is 0 Å². The number of nitrogens with zero attached hydrogens (tertiary/aromatic N) is 1. The number of hydrogen-bond acceptors (Lipinski definition) is 1. The molecule has 0 saturated carbocycles. The average molecular weight is 189 g/mol. The van der Waals surface area contributed by atoms with Gasteiger partial charge in [0.2, 0.25) is 0 Å². The van der Waals surface area contributed by atoms with Gasteiger partial charge in [-0.3, -0.25) is 4.98 Å². The zero-order valence-corrected chi connectivity index (χ0v) is 9.00. The Hall–Kier alpha value is -1.11. The van der Waals surface area contributed by atoms with Crippen LogP contribution in [-0.2, 0) is 6.42 Å². The summed E-state index contributed by atoms with van der Waals surface area (Å²) in [7, 11) is 0. The van der Waals surface area contributed by atoms with Crippen LogP contribution < -0.4 is 0 Å². The highest BCUT2D eigenvalue weighted by Gasteiger charge is 1.95. The molecular weight excluding hydrogens is 170 g/mol. The summed E-state index contributed by atoms with van der Waals surface area (Å²) in [6.07, 6.45) is 8.09. The lowest BCUT2D eigenvalue weighted by atomic mass is 10.1. The van der Waals surface area contributed by atoms with Crippen LogP contribution in [0.1, 0.15) is 44.0 Å². The number of hydrogen-bond donors (Lipinski definition) is 0. The molecule has 0 unspecified atom stereocenters. The number of aromatic nitrogens is 1. The second-order valence-electron chi connectivity index (χ2n) is 3.57. The fraction of sp³-hybridized carbons (Fsp3) is 0.462. The first-order chi connectivity index (χ1) is 6.86. The van der Waals surface area contributed by atoms with Crippen molar-refractivity contribution >= 4 is 6.08 Å². The number of pyridine rings is 1. The van der Waals surface area contributed by atoms with Crippen LogP contribution in [0.4, 0.5) is 0 Å². The van der Waals surface area contributed by atoms with Crippen LogP contribution in [0.2, 0.25) is 0 Å². The van der Waals surface area contributed by atoms with Gasteiger partial charge in [0.25, 0.3) is 0 Å². The third-order valence-corrected chi connectivity index (χ3v) is 2.32. The van der Waals surface area contributed by atoms with Gasteiger partial charge in [-0.2, -0.15) is 0 Å². The van der Waals surface area contributed by atoms with Crippen molar-refractivity contribution in [2.45, 2.75) is 39.0 Å². The lowest BCUT2D eigenvalue weighted by molar-refractivity contribution is 0.660. The highest BCUT2D eigenvalue weighted by Crippen LogP contribution is 2.07. The van der Waals surface area contributed by atoms with Crippen molar-refractivity contribution in [2.24, 2.45) is 0 Å². The molecule has 0 amide bonds. The van der Waals surface area contributed by atoms with E-state index in [1.807, 2.05) is 6.07 Å². The van der Waals surface area contributed by atoms with Crippen LogP contribution in [0.15, 0.2) is 24.8 Å². The van der Waals surface area contributed by atoms with Gasteiger partial charge in [-0.05, 0) is 31.1 Å². The molecular formula is C13H19N. The van der Waals surface area contributed by atoms with Gasteiger partial charge in [0.1, 0.15) is 0 Å². The van der Waals surface area contributed by atoms with E-state index in [1.54, 1.807) is 6.08 Å².